The number of carbonyl (C=O) groups is 1. The first kappa shape index (κ1) is 14.2. The van der Waals surface area contributed by atoms with Crippen molar-refractivity contribution in [2.45, 2.75) is 26.7 Å². The molecule has 0 aliphatic carbocycles. The number of nitrogens with one attached hydrogen (secondary N) is 1. The van der Waals surface area contributed by atoms with Crippen molar-refractivity contribution in [1.29, 1.82) is 0 Å². The van der Waals surface area contributed by atoms with E-state index in [-0.39, 0.29) is 0 Å². The summed E-state index contributed by atoms with van der Waals surface area (Å²) < 4.78 is 0. The second-order valence-electron chi connectivity index (χ2n) is 5.07. The van der Waals surface area contributed by atoms with E-state index in [2.05, 4.69) is 17.1 Å². The molecule has 0 bridgehead atoms. The molecule has 1 aliphatic heterocycles. The lowest BCUT2D eigenvalue weighted by atomic mass is 10.1. The van der Waals surface area contributed by atoms with Gasteiger partial charge in [0.25, 0.3) is 0 Å². The molecule has 0 amide bonds. The summed E-state index contributed by atoms with van der Waals surface area (Å²) in [5, 5.41) is 11.9. The highest BCUT2D eigenvalue weighted by Gasteiger charge is 2.14. The highest BCUT2D eigenvalue weighted by atomic mass is 16.4. The van der Waals surface area contributed by atoms with Crippen LogP contribution in [0.25, 0.3) is 0 Å². The van der Waals surface area contributed by atoms with Gasteiger partial charge < -0.3 is 15.3 Å². The molecule has 4 heteroatoms. The van der Waals surface area contributed by atoms with E-state index >= 15 is 0 Å². The maximum absolute atomic E-state index is 10.4. The van der Waals surface area contributed by atoms with E-state index in [0.717, 1.165) is 18.7 Å². The van der Waals surface area contributed by atoms with Crippen molar-refractivity contribution in [3.63, 3.8) is 0 Å². The number of hydrogen-bond donors (Lipinski definition) is 2. The van der Waals surface area contributed by atoms with Crippen LogP contribution in [0.15, 0.2) is 11.6 Å². The zero-order valence-electron chi connectivity index (χ0n) is 10.9. The molecule has 98 valence electrons. The monoisotopic (exact) mass is 240 g/mol. The van der Waals surface area contributed by atoms with Crippen molar-refractivity contribution in [2.24, 2.45) is 5.92 Å². The van der Waals surface area contributed by atoms with Gasteiger partial charge in [-0.3, -0.25) is 0 Å². The number of carboxylic acids is 1. The predicted molar refractivity (Wildman–Crippen MR) is 69.1 cm³/mol. The second kappa shape index (κ2) is 7.45. The Kier molecular flexibility index (Phi) is 6.22. The Balaban J connectivity index is 2.10. The van der Waals surface area contributed by atoms with E-state index in [4.69, 9.17) is 5.11 Å². The minimum Gasteiger partial charge on any atom is -0.478 e. The van der Waals surface area contributed by atoms with Crippen LogP contribution >= 0.6 is 0 Å². The standard InChI is InChI=1S/C13H24N2O2/c1-11(7-13(16)17)8-14-9-12(2)10-15-5-3-4-6-15/h7,12,14H,3-6,8-10H2,1-2H3,(H,16,17). The summed E-state index contributed by atoms with van der Waals surface area (Å²) in [5.74, 6) is -0.250. The van der Waals surface area contributed by atoms with E-state index in [1.165, 1.54) is 32.0 Å². The van der Waals surface area contributed by atoms with Crippen LogP contribution in [0.4, 0.5) is 0 Å². The van der Waals surface area contributed by atoms with E-state index in [9.17, 15) is 4.79 Å². The zero-order valence-corrected chi connectivity index (χ0v) is 10.9. The van der Waals surface area contributed by atoms with Crippen molar-refractivity contribution in [3.05, 3.63) is 11.6 Å². The minimum absolute atomic E-state index is 0.616. The molecule has 2 N–H and O–H groups in total. The lowest BCUT2D eigenvalue weighted by molar-refractivity contribution is -0.131. The molecule has 4 nitrogen and oxygen atoms in total. The molecule has 0 spiro atoms. The average Bonchev–Trinajstić information content (AvgIpc) is 2.69. The largest absolute Gasteiger partial charge is 0.478 e. The van der Waals surface area contributed by atoms with Gasteiger partial charge in [0.2, 0.25) is 0 Å². The number of rotatable bonds is 7. The van der Waals surface area contributed by atoms with Gasteiger partial charge in [-0.25, -0.2) is 4.79 Å². The second-order valence-corrected chi connectivity index (χ2v) is 5.07. The van der Waals surface area contributed by atoms with Crippen LogP contribution in [0.3, 0.4) is 0 Å². The Morgan fingerprint density at radius 3 is 2.71 bits per heavy atom. The highest BCUT2D eigenvalue weighted by molar-refractivity contribution is 5.80. The highest BCUT2D eigenvalue weighted by Crippen LogP contribution is 2.09. The third-order valence-corrected chi connectivity index (χ3v) is 3.04. The molecular formula is C13H24N2O2. The fourth-order valence-corrected chi connectivity index (χ4v) is 2.25. The normalized spacial score (nSPS) is 19.5. The van der Waals surface area contributed by atoms with Gasteiger partial charge in [-0.05, 0) is 45.3 Å². The molecule has 0 aromatic carbocycles. The van der Waals surface area contributed by atoms with Crippen LogP contribution in [0.1, 0.15) is 26.7 Å². The van der Waals surface area contributed by atoms with Crippen molar-refractivity contribution in [1.82, 2.24) is 10.2 Å². The van der Waals surface area contributed by atoms with Gasteiger partial charge in [-0.15, -0.1) is 0 Å². The maximum Gasteiger partial charge on any atom is 0.328 e. The number of carboxylic acid groups (broad SMARTS) is 1. The fourth-order valence-electron chi connectivity index (χ4n) is 2.25. The van der Waals surface area contributed by atoms with Crippen molar-refractivity contribution in [3.8, 4) is 0 Å². The molecule has 1 unspecified atom stereocenters. The van der Waals surface area contributed by atoms with Gasteiger partial charge in [-0.2, -0.15) is 0 Å². The molecule has 1 heterocycles. The van der Waals surface area contributed by atoms with Gasteiger partial charge in [0.1, 0.15) is 0 Å². The van der Waals surface area contributed by atoms with E-state index < -0.39 is 5.97 Å². The summed E-state index contributed by atoms with van der Waals surface area (Å²) in [7, 11) is 0. The number of likely N-dealkylation sites (tertiary alicyclic amines) is 1. The van der Waals surface area contributed by atoms with E-state index in [1.54, 1.807) is 0 Å². The van der Waals surface area contributed by atoms with Crippen LogP contribution < -0.4 is 5.32 Å². The van der Waals surface area contributed by atoms with Crippen LogP contribution in [0.2, 0.25) is 0 Å². The van der Waals surface area contributed by atoms with Crippen molar-refractivity contribution < 1.29 is 9.90 Å². The van der Waals surface area contributed by atoms with Crippen LogP contribution in [-0.4, -0.2) is 48.7 Å². The topological polar surface area (TPSA) is 52.6 Å². The molecule has 17 heavy (non-hydrogen) atoms. The lowest BCUT2D eigenvalue weighted by Crippen LogP contribution is -2.32. The Bertz CT molecular complexity index is 271. The molecule has 1 rings (SSSR count). The summed E-state index contributed by atoms with van der Waals surface area (Å²) in [4.78, 5) is 12.9. The maximum atomic E-state index is 10.4. The molecule has 0 aromatic heterocycles. The summed E-state index contributed by atoms with van der Waals surface area (Å²) in [5.41, 5.74) is 0.867. The van der Waals surface area contributed by atoms with Gasteiger partial charge in [0.05, 0.1) is 0 Å². The third-order valence-electron chi connectivity index (χ3n) is 3.04. The van der Waals surface area contributed by atoms with Crippen LogP contribution in [-0.2, 0) is 4.79 Å². The fraction of sp³-hybridized carbons (Fsp3) is 0.769. The summed E-state index contributed by atoms with van der Waals surface area (Å²) in [6, 6.07) is 0. The third kappa shape index (κ3) is 6.44. The SMILES string of the molecule is CC(=CC(=O)O)CNCC(C)CN1CCCC1. The summed E-state index contributed by atoms with van der Waals surface area (Å²) >= 11 is 0. The molecular weight excluding hydrogens is 216 g/mol. The smallest absolute Gasteiger partial charge is 0.328 e. The Labute approximate surface area is 104 Å². The first-order valence-electron chi connectivity index (χ1n) is 6.41. The first-order chi connectivity index (χ1) is 8.08. The summed E-state index contributed by atoms with van der Waals surface area (Å²) in [6.07, 6.45) is 3.93. The molecule has 1 saturated heterocycles. The minimum atomic E-state index is -0.866. The first-order valence-corrected chi connectivity index (χ1v) is 6.41. The van der Waals surface area contributed by atoms with Crippen LogP contribution in [0, 0.1) is 5.92 Å². The molecule has 1 fully saturated rings. The quantitative estimate of drug-likeness (QED) is 0.659. The molecule has 0 radical (unpaired) electrons. The number of hydrogen-bond acceptors (Lipinski definition) is 3. The number of nitrogens with zero attached hydrogens (tertiary/aromatic N) is 1. The van der Waals surface area contributed by atoms with Crippen molar-refractivity contribution >= 4 is 5.97 Å². The zero-order chi connectivity index (χ0) is 12.7. The van der Waals surface area contributed by atoms with Gasteiger partial charge in [0, 0.05) is 19.2 Å². The van der Waals surface area contributed by atoms with Gasteiger partial charge in [-0.1, -0.05) is 12.5 Å². The van der Waals surface area contributed by atoms with E-state index in [1.807, 2.05) is 6.92 Å². The Morgan fingerprint density at radius 1 is 1.47 bits per heavy atom. The Morgan fingerprint density at radius 2 is 2.12 bits per heavy atom. The van der Waals surface area contributed by atoms with Crippen LogP contribution in [0.5, 0.6) is 0 Å². The van der Waals surface area contributed by atoms with Gasteiger partial charge in [0.15, 0.2) is 0 Å². The summed E-state index contributed by atoms with van der Waals surface area (Å²) in [6.45, 7) is 9.31. The van der Waals surface area contributed by atoms with Gasteiger partial charge >= 0.3 is 5.97 Å². The number of aliphatic carboxylic acids is 1. The van der Waals surface area contributed by atoms with Crippen molar-refractivity contribution in [2.75, 3.05) is 32.7 Å². The molecule has 0 saturated carbocycles. The average molecular weight is 240 g/mol. The lowest BCUT2D eigenvalue weighted by Gasteiger charge is -2.20. The van der Waals surface area contributed by atoms with E-state index in [0.29, 0.717) is 12.5 Å². The molecule has 0 aromatic rings. The predicted octanol–water partition coefficient (Wildman–Crippen LogP) is 1.34. The Hall–Kier alpha value is -0.870. The molecule has 1 atom stereocenters. The molecule has 1 aliphatic rings.